The first-order valence-corrected chi connectivity index (χ1v) is 7.09. The minimum absolute atomic E-state index is 0.213. The first-order valence-electron chi connectivity index (χ1n) is 7.09. The number of benzene rings is 1. The summed E-state index contributed by atoms with van der Waals surface area (Å²) in [5.74, 6) is 0.427. The Kier molecular flexibility index (Phi) is 3.92. The summed E-state index contributed by atoms with van der Waals surface area (Å²) in [6.45, 7) is 5.36. The largest absolute Gasteiger partial charge is 0.380 e. The molecule has 0 spiro atoms. The quantitative estimate of drug-likeness (QED) is 0.692. The first kappa shape index (κ1) is 14.3. The van der Waals surface area contributed by atoms with Crippen LogP contribution >= 0.6 is 0 Å². The predicted octanol–water partition coefficient (Wildman–Crippen LogP) is 0.243. The van der Waals surface area contributed by atoms with Crippen molar-refractivity contribution in [3.63, 3.8) is 0 Å². The molecule has 1 aromatic carbocycles. The highest BCUT2D eigenvalue weighted by molar-refractivity contribution is 6.68. The summed E-state index contributed by atoms with van der Waals surface area (Å²) < 4.78 is 5.40. The lowest BCUT2D eigenvalue weighted by atomic mass is 10.1. The zero-order valence-electron chi connectivity index (χ0n) is 12.4. The molecule has 1 fully saturated rings. The molecule has 0 amide bonds. The third-order valence-corrected chi connectivity index (χ3v) is 3.61. The lowest BCUT2D eigenvalue weighted by Crippen LogP contribution is -2.36. The molecule has 0 atom stereocenters. The average Bonchev–Trinajstić information content (AvgIpc) is 2.86. The van der Waals surface area contributed by atoms with Crippen molar-refractivity contribution in [3.05, 3.63) is 23.8 Å². The SMILES string of the molecule is Cc1ccc(NN=C2C(N)=NN=C2N)cc1N1CCOCC1. The molecule has 0 radical (unpaired) electrons. The zero-order chi connectivity index (χ0) is 15.5. The fourth-order valence-corrected chi connectivity index (χ4v) is 2.39. The second-order valence-corrected chi connectivity index (χ2v) is 5.14. The topological polar surface area (TPSA) is 114 Å². The molecule has 5 N–H and O–H groups in total. The van der Waals surface area contributed by atoms with Gasteiger partial charge in [0.25, 0.3) is 0 Å². The molecule has 0 bridgehead atoms. The van der Waals surface area contributed by atoms with Crippen LogP contribution in [-0.2, 0) is 4.74 Å². The number of morpholine rings is 1. The van der Waals surface area contributed by atoms with Crippen LogP contribution in [0.1, 0.15) is 5.56 Å². The zero-order valence-corrected chi connectivity index (χ0v) is 12.4. The van der Waals surface area contributed by atoms with Gasteiger partial charge in [-0.25, -0.2) is 0 Å². The van der Waals surface area contributed by atoms with E-state index in [-0.39, 0.29) is 11.7 Å². The molecule has 8 heteroatoms. The van der Waals surface area contributed by atoms with Gasteiger partial charge in [-0.15, -0.1) is 10.2 Å². The van der Waals surface area contributed by atoms with Gasteiger partial charge < -0.3 is 21.1 Å². The molecule has 8 nitrogen and oxygen atoms in total. The number of rotatable bonds is 3. The molecular weight excluding hydrogens is 282 g/mol. The number of anilines is 2. The first-order chi connectivity index (χ1) is 10.6. The maximum absolute atomic E-state index is 5.67. The van der Waals surface area contributed by atoms with Gasteiger partial charge in [-0.3, -0.25) is 5.43 Å². The number of hydrogen-bond donors (Lipinski definition) is 3. The Morgan fingerprint density at radius 1 is 1.18 bits per heavy atom. The van der Waals surface area contributed by atoms with Crippen molar-refractivity contribution in [2.24, 2.45) is 26.8 Å². The number of ether oxygens (including phenoxy) is 1. The standard InChI is InChI=1S/C14H19N7O/c1-9-2-3-10(8-11(9)21-4-6-22-7-5-21)17-18-12-13(15)19-20-14(12)16/h2-3,8,17H,4-7H2,1H3,(H4,15,16,18,19,20). The van der Waals surface area contributed by atoms with E-state index in [4.69, 9.17) is 16.2 Å². The fourth-order valence-electron chi connectivity index (χ4n) is 2.39. The molecule has 22 heavy (non-hydrogen) atoms. The van der Waals surface area contributed by atoms with Crippen molar-refractivity contribution in [2.45, 2.75) is 6.92 Å². The number of hydrazone groups is 1. The molecule has 116 valence electrons. The van der Waals surface area contributed by atoms with E-state index in [9.17, 15) is 0 Å². The van der Waals surface area contributed by atoms with Gasteiger partial charge >= 0.3 is 0 Å². The molecule has 3 rings (SSSR count). The second-order valence-electron chi connectivity index (χ2n) is 5.14. The summed E-state index contributed by atoms with van der Waals surface area (Å²) in [5, 5.41) is 11.5. The van der Waals surface area contributed by atoms with Crippen LogP contribution in [-0.4, -0.2) is 43.7 Å². The molecule has 0 aromatic heterocycles. The van der Waals surface area contributed by atoms with Crippen LogP contribution in [0.25, 0.3) is 0 Å². The number of nitrogens with zero attached hydrogens (tertiary/aromatic N) is 4. The van der Waals surface area contributed by atoms with Gasteiger partial charge in [-0.2, -0.15) is 5.10 Å². The van der Waals surface area contributed by atoms with Gasteiger partial charge in [0.2, 0.25) is 0 Å². The van der Waals surface area contributed by atoms with Crippen LogP contribution in [0.2, 0.25) is 0 Å². The molecule has 0 saturated carbocycles. The second kappa shape index (κ2) is 6.02. The van der Waals surface area contributed by atoms with Crippen molar-refractivity contribution >= 4 is 28.8 Å². The number of aryl methyl sites for hydroxylation is 1. The predicted molar refractivity (Wildman–Crippen MR) is 88.5 cm³/mol. The number of amidine groups is 2. The van der Waals surface area contributed by atoms with E-state index in [1.807, 2.05) is 6.07 Å². The van der Waals surface area contributed by atoms with E-state index in [1.165, 1.54) is 11.3 Å². The summed E-state index contributed by atoms with van der Waals surface area (Å²) >= 11 is 0. The summed E-state index contributed by atoms with van der Waals surface area (Å²) in [5.41, 5.74) is 17.9. The Hall–Kier alpha value is -2.61. The van der Waals surface area contributed by atoms with Crippen LogP contribution in [0.15, 0.2) is 33.5 Å². The van der Waals surface area contributed by atoms with Crippen LogP contribution < -0.4 is 21.8 Å². The monoisotopic (exact) mass is 301 g/mol. The van der Waals surface area contributed by atoms with Gasteiger partial charge in [0.05, 0.1) is 18.9 Å². The van der Waals surface area contributed by atoms with E-state index < -0.39 is 0 Å². The highest BCUT2D eigenvalue weighted by atomic mass is 16.5. The van der Waals surface area contributed by atoms with Crippen molar-refractivity contribution < 1.29 is 4.74 Å². The number of nitrogens with two attached hydrogens (primary N) is 2. The highest BCUT2D eigenvalue weighted by Gasteiger charge is 2.17. The summed E-state index contributed by atoms with van der Waals surface area (Å²) in [6, 6.07) is 6.07. The Morgan fingerprint density at radius 3 is 2.55 bits per heavy atom. The van der Waals surface area contributed by atoms with E-state index >= 15 is 0 Å². The number of hydrogen-bond acceptors (Lipinski definition) is 8. The van der Waals surface area contributed by atoms with Gasteiger partial charge in [-0.05, 0) is 24.6 Å². The van der Waals surface area contributed by atoms with Gasteiger partial charge in [-0.1, -0.05) is 6.07 Å². The van der Waals surface area contributed by atoms with E-state index in [0.29, 0.717) is 5.71 Å². The van der Waals surface area contributed by atoms with Crippen molar-refractivity contribution in [1.29, 1.82) is 0 Å². The Morgan fingerprint density at radius 2 is 1.86 bits per heavy atom. The van der Waals surface area contributed by atoms with Crippen LogP contribution in [0.4, 0.5) is 11.4 Å². The lowest BCUT2D eigenvalue weighted by Gasteiger charge is -2.30. The summed E-state index contributed by atoms with van der Waals surface area (Å²) in [4.78, 5) is 2.30. The van der Waals surface area contributed by atoms with E-state index in [1.54, 1.807) is 0 Å². The third kappa shape index (κ3) is 2.86. The maximum Gasteiger partial charge on any atom is 0.177 e. The lowest BCUT2D eigenvalue weighted by molar-refractivity contribution is 0.122. The molecule has 1 aromatic rings. The van der Waals surface area contributed by atoms with Crippen LogP contribution in [0.3, 0.4) is 0 Å². The summed E-state index contributed by atoms with van der Waals surface area (Å²) in [6.07, 6.45) is 0. The van der Waals surface area contributed by atoms with Crippen molar-refractivity contribution in [1.82, 2.24) is 0 Å². The van der Waals surface area contributed by atoms with Gasteiger partial charge in [0.1, 0.15) is 0 Å². The van der Waals surface area contributed by atoms with Crippen LogP contribution in [0, 0.1) is 6.92 Å². The smallest absolute Gasteiger partial charge is 0.177 e. The molecule has 2 aliphatic rings. The fraction of sp³-hybridized carbons (Fsp3) is 0.357. The Labute approximate surface area is 128 Å². The molecule has 2 aliphatic heterocycles. The van der Waals surface area contributed by atoms with E-state index in [0.717, 1.165) is 32.0 Å². The van der Waals surface area contributed by atoms with Gasteiger partial charge in [0, 0.05) is 18.8 Å². The highest BCUT2D eigenvalue weighted by Crippen LogP contribution is 2.25. The minimum atomic E-state index is 0.213. The molecular formula is C14H19N7O. The van der Waals surface area contributed by atoms with Crippen LogP contribution in [0.5, 0.6) is 0 Å². The average molecular weight is 301 g/mol. The molecule has 2 heterocycles. The van der Waals surface area contributed by atoms with Crippen molar-refractivity contribution in [3.8, 4) is 0 Å². The normalized spacial score (nSPS) is 18.0. The van der Waals surface area contributed by atoms with Crippen molar-refractivity contribution in [2.75, 3.05) is 36.6 Å². The van der Waals surface area contributed by atoms with E-state index in [2.05, 4.69) is 44.7 Å². The van der Waals surface area contributed by atoms with Gasteiger partial charge in [0.15, 0.2) is 17.4 Å². The minimum Gasteiger partial charge on any atom is -0.380 e. The molecule has 0 unspecified atom stereocenters. The Balaban J connectivity index is 1.79. The number of nitrogens with one attached hydrogen (secondary N) is 1. The Bertz CT molecular complexity index is 639. The molecule has 0 aliphatic carbocycles. The maximum atomic E-state index is 5.67. The third-order valence-electron chi connectivity index (χ3n) is 3.61. The molecule has 1 saturated heterocycles. The summed E-state index contributed by atoms with van der Waals surface area (Å²) in [7, 11) is 0.